The van der Waals surface area contributed by atoms with E-state index in [1.54, 1.807) is 0 Å². The van der Waals surface area contributed by atoms with E-state index in [9.17, 15) is 0 Å². The van der Waals surface area contributed by atoms with Crippen LogP contribution in [-0.2, 0) is 0 Å². The van der Waals surface area contributed by atoms with E-state index in [-0.39, 0.29) is 25.1 Å². The van der Waals surface area contributed by atoms with Crippen LogP contribution in [0.1, 0.15) is 115 Å². The van der Waals surface area contributed by atoms with Crippen LogP contribution in [0.15, 0.2) is 24.3 Å². The van der Waals surface area contributed by atoms with Crippen molar-refractivity contribution in [3.8, 4) is 0 Å². The maximum Gasteiger partial charge on any atom is 0 e. The van der Waals surface area contributed by atoms with Gasteiger partial charge >= 0.3 is 0 Å². The Kier molecular flexibility index (Phi) is 19.9. The van der Waals surface area contributed by atoms with E-state index in [1.165, 1.54) is 62.5 Å². The number of aryl methyl sites for hydroxylation is 2. The van der Waals surface area contributed by atoms with Crippen LogP contribution < -0.4 is 0 Å². The topological polar surface area (TPSA) is 0 Å². The standard InChI is InChI=1S/2C8H16.C8H10.3CH4.2H2/c3*1-7-3-5-8(2)6-4-7;;;;;/h2*7-8H,3-6H2,1-2H3;3-6H,1-2H3;3*1H4;2*1H/i;;;;;;1+1;. The molecule has 1 aromatic rings. The molecule has 0 heterocycles. The molecule has 0 nitrogen and oxygen atoms in total. The maximum atomic E-state index is 2.37. The van der Waals surface area contributed by atoms with E-state index < -0.39 is 0 Å². The largest absolute Gasteiger partial charge is 0.0776 e. The quantitative estimate of drug-likeness (QED) is 0.418. The van der Waals surface area contributed by atoms with E-state index in [0.717, 1.165) is 23.7 Å². The zero-order valence-electron chi connectivity index (χ0n) is 17.3. The van der Waals surface area contributed by atoms with Gasteiger partial charge in [-0.1, -0.05) is 137 Å². The molecule has 0 heteroatoms. The molecule has 0 aromatic heterocycles. The Hall–Kier alpha value is -0.780. The second-order valence-corrected chi connectivity index (χ2v) is 8.88. The van der Waals surface area contributed by atoms with Crippen molar-refractivity contribution in [1.82, 2.24) is 0 Å². The second-order valence-electron chi connectivity index (χ2n) is 8.88. The first kappa shape index (κ1) is 30.9. The smallest absolute Gasteiger partial charge is 0 e. The molecule has 0 aliphatic heterocycles. The fraction of sp³-hybridized carbons (Fsp3) is 0.778. The van der Waals surface area contributed by atoms with Crippen LogP contribution in [0.2, 0.25) is 0 Å². The Labute approximate surface area is 177 Å². The highest BCUT2D eigenvalue weighted by Gasteiger charge is 2.13. The highest BCUT2D eigenvalue weighted by Crippen LogP contribution is 2.27. The number of hydrogen-bond acceptors (Lipinski definition) is 0. The fourth-order valence-electron chi connectivity index (χ4n) is 3.49. The first-order chi connectivity index (χ1) is 11.4. The monoisotopic (exact) mass is 383 g/mol. The van der Waals surface area contributed by atoms with E-state index in [2.05, 4.69) is 65.8 Å². The Balaban J connectivity index is -0.0000000914. The zero-order valence-corrected chi connectivity index (χ0v) is 17.3. The van der Waals surface area contributed by atoms with E-state index in [4.69, 9.17) is 0 Å². The Morgan fingerprint density at radius 3 is 0.815 bits per heavy atom. The molecule has 0 amide bonds. The molecule has 0 N–H and O–H groups in total. The van der Waals surface area contributed by atoms with Crippen LogP contribution in [0, 0.1) is 37.5 Å². The molecule has 1 aromatic carbocycles. The molecule has 2 aliphatic rings. The average molecular weight is 384 g/mol. The molecule has 3 rings (SSSR count). The van der Waals surface area contributed by atoms with Crippen molar-refractivity contribution in [2.24, 2.45) is 23.7 Å². The van der Waals surface area contributed by atoms with Crippen molar-refractivity contribution in [3.05, 3.63) is 35.4 Å². The van der Waals surface area contributed by atoms with Gasteiger partial charge in [0.05, 0.1) is 0 Å². The van der Waals surface area contributed by atoms with Crippen molar-refractivity contribution >= 4 is 0 Å². The summed E-state index contributed by atoms with van der Waals surface area (Å²) in [5, 5.41) is 0. The minimum absolute atomic E-state index is 0. The van der Waals surface area contributed by atoms with E-state index in [1.807, 2.05) is 0 Å². The van der Waals surface area contributed by atoms with Gasteiger partial charge in [-0.3, -0.25) is 0 Å². The van der Waals surface area contributed by atoms with Crippen molar-refractivity contribution in [1.29, 1.82) is 0 Å². The fourth-order valence-corrected chi connectivity index (χ4v) is 3.49. The van der Waals surface area contributed by atoms with Crippen LogP contribution >= 0.6 is 0 Å². The van der Waals surface area contributed by atoms with Crippen molar-refractivity contribution in [2.45, 2.75) is 115 Å². The summed E-state index contributed by atoms with van der Waals surface area (Å²) < 4.78 is 0. The summed E-state index contributed by atoms with van der Waals surface area (Å²) in [6, 6.07) is 8.48. The van der Waals surface area contributed by atoms with Crippen LogP contribution in [0.5, 0.6) is 0 Å². The second kappa shape index (κ2) is 17.3. The Morgan fingerprint density at radius 2 is 0.667 bits per heavy atom. The van der Waals surface area contributed by atoms with Gasteiger partial charge in [0, 0.05) is 2.85 Å². The van der Waals surface area contributed by atoms with Crippen LogP contribution in [0.3, 0.4) is 0 Å². The van der Waals surface area contributed by atoms with Gasteiger partial charge in [0.1, 0.15) is 0 Å². The van der Waals surface area contributed by atoms with Gasteiger partial charge in [0.2, 0.25) is 0 Å². The molecule has 0 radical (unpaired) electrons. The molecule has 0 spiro atoms. The normalized spacial score (nSPS) is 26.3. The lowest BCUT2D eigenvalue weighted by Gasteiger charge is -2.22. The average Bonchev–Trinajstić information content (AvgIpc) is 2.57. The molecule has 0 unspecified atom stereocenters. The molecule has 0 bridgehead atoms. The van der Waals surface area contributed by atoms with Crippen LogP contribution in [-0.4, -0.2) is 0 Å². The third-order valence-electron chi connectivity index (χ3n) is 5.83. The summed E-state index contributed by atoms with van der Waals surface area (Å²) in [5.41, 5.74) is 2.66. The van der Waals surface area contributed by atoms with Crippen LogP contribution in [0.4, 0.5) is 0 Å². The van der Waals surface area contributed by atoms with Crippen molar-refractivity contribution in [3.63, 3.8) is 0 Å². The predicted molar refractivity (Wildman–Crippen MR) is 134 cm³/mol. The molecule has 0 saturated heterocycles. The highest BCUT2D eigenvalue weighted by molar-refractivity contribution is 5.19. The van der Waals surface area contributed by atoms with Gasteiger partial charge in [0.15, 0.2) is 0 Å². The first-order valence-corrected chi connectivity index (χ1v) is 10.4. The van der Waals surface area contributed by atoms with E-state index >= 15 is 0 Å². The number of rotatable bonds is 0. The van der Waals surface area contributed by atoms with Gasteiger partial charge in [0.25, 0.3) is 0 Å². The van der Waals surface area contributed by atoms with Gasteiger partial charge in [-0.15, -0.1) is 0 Å². The summed E-state index contributed by atoms with van der Waals surface area (Å²) in [6.45, 7) is 13.7. The molecule has 2 aliphatic carbocycles. The number of hydrogen-bond donors (Lipinski definition) is 0. The molecule has 2 fully saturated rings. The SMILES string of the molecule is C.C.C.CC1CCC(C)CC1.CC1CCC(C)CC1.Cc1ccc(C)cc1.[2HH].[HH]. The third-order valence-corrected chi connectivity index (χ3v) is 5.83. The molecule has 0 atom stereocenters. The van der Waals surface area contributed by atoms with Gasteiger partial charge in [-0.05, 0) is 37.5 Å². The van der Waals surface area contributed by atoms with Crippen molar-refractivity contribution < 1.29 is 2.85 Å². The summed E-state index contributed by atoms with van der Waals surface area (Å²) >= 11 is 0. The Bertz CT molecular complexity index is 350. The predicted octanol–water partition coefficient (Wildman–Crippen LogP) is 10.4. The lowest BCUT2D eigenvalue weighted by atomic mass is 9.84. The van der Waals surface area contributed by atoms with Crippen LogP contribution in [0.25, 0.3) is 0 Å². The molecule has 2 saturated carbocycles. The maximum absolute atomic E-state index is 2.37. The third kappa shape index (κ3) is 15.9. The first-order valence-electron chi connectivity index (χ1n) is 10.4. The van der Waals surface area contributed by atoms with Gasteiger partial charge in [-0.2, -0.15) is 0 Å². The lowest BCUT2D eigenvalue weighted by molar-refractivity contribution is 0.308. The zero-order chi connectivity index (χ0) is 17.9. The van der Waals surface area contributed by atoms with E-state index in [0.29, 0.717) is 0 Å². The van der Waals surface area contributed by atoms with Gasteiger partial charge < -0.3 is 0 Å². The lowest BCUT2D eigenvalue weighted by Crippen LogP contribution is -2.08. The number of benzene rings is 1. The molecule has 166 valence electrons. The molecule has 27 heavy (non-hydrogen) atoms. The molecular weight excluding hydrogens is 324 g/mol. The summed E-state index contributed by atoms with van der Waals surface area (Å²) in [4.78, 5) is 0. The van der Waals surface area contributed by atoms with Crippen molar-refractivity contribution in [2.75, 3.05) is 0 Å². The minimum atomic E-state index is 0. The van der Waals surface area contributed by atoms with Gasteiger partial charge in [-0.25, -0.2) is 0 Å². The summed E-state index contributed by atoms with van der Waals surface area (Å²) in [6.07, 6.45) is 11.8. The summed E-state index contributed by atoms with van der Waals surface area (Å²) in [5.74, 6) is 4.08. The highest BCUT2D eigenvalue weighted by atomic mass is 14.2. The minimum Gasteiger partial charge on any atom is -0.0776 e. The molecular formula is C27H58. The summed E-state index contributed by atoms with van der Waals surface area (Å²) in [7, 11) is 0. The Morgan fingerprint density at radius 1 is 0.519 bits per heavy atom.